The Morgan fingerprint density at radius 2 is 2.24 bits per heavy atom. The van der Waals surface area contributed by atoms with Gasteiger partial charge in [0, 0.05) is 30.9 Å². The summed E-state index contributed by atoms with van der Waals surface area (Å²) in [6.45, 7) is 3.30. The largest absolute Gasteiger partial charge is 0.481 e. The fourth-order valence-corrected chi connectivity index (χ4v) is 3.75. The van der Waals surface area contributed by atoms with Crippen molar-refractivity contribution >= 4 is 27.0 Å². The van der Waals surface area contributed by atoms with Gasteiger partial charge in [-0.2, -0.15) is 4.31 Å². The standard InChI is InChI=1S/C13H17N3O4S/c1-3-16(8-9(2)13(17)18)21(19,20)11-7-15-12-10(11)5-4-6-14-12/h4-7,9H,3,8H2,1-2H3,(H,14,15)(H,17,18). The topological polar surface area (TPSA) is 103 Å². The minimum absolute atomic E-state index is 0.0684. The lowest BCUT2D eigenvalue weighted by Crippen LogP contribution is -2.36. The lowest BCUT2D eigenvalue weighted by Gasteiger charge is -2.21. The molecule has 2 aromatic rings. The van der Waals surface area contributed by atoms with Gasteiger partial charge in [-0.3, -0.25) is 4.79 Å². The molecule has 0 fully saturated rings. The van der Waals surface area contributed by atoms with Crippen LogP contribution in [0.25, 0.3) is 11.0 Å². The number of aromatic amines is 1. The first-order valence-electron chi connectivity index (χ1n) is 6.53. The molecule has 2 aromatic heterocycles. The molecule has 0 bridgehead atoms. The first-order valence-corrected chi connectivity index (χ1v) is 7.97. The van der Waals surface area contributed by atoms with Crippen LogP contribution in [0.2, 0.25) is 0 Å². The van der Waals surface area contributed by atoms with Gasteiger partial charge in [0.25, 0.3) is 0 Å². The van der Waals surface area contributed by atoms with Crippen molar-refractivity contribution in [3.63, 3.8) is 0 Å². The number of sulfonamides is 1. The van der Waals surface area contributed by atoms with Gasteiger partial charge in [0.2, 0.25) is 10.0 Å². The average molecular weight is 311 g/mol. The number of H-pyrrole nitrogens is 1. The molecule has 114 valence electrons. The van der Waals surface area contributed by atoms with Crippen LogP contribution in [-0.2, 0) is 14.8 Å². The van der Waals surface area contributed by atoms with Crippen LogP contribution < -0.4 is 0 Å². The molecule has 1 atom stereocenters. The Hall–Kier alpha value is -1.93. The normalized spacial score (nSPS) is 13.7. The number of carboxylic acid groups (broad SMARTS) is 1. The van der Waals surface area contributed by atoms with Crippen LogP contribution in [0.1, 0.15) is 13.8 Å². The summed E-state index contributed by atoms with van der Waals surface area (Å²) < 4.78 is 26.5. The smallest absolute Gasteiger partial charge is 0.307 e. The van der Waals surface area contributed by atoms with E-state index in [4.69, 9.17) is 5.11 Å². The number of carbonyl (C=O) groups is 1. The zero-order valence-corrected chi connectivity index (χ0v) is 12.6. The number of hydrogen-bond acceptors (Lipinski definition) is 4. The second kappa shape index (κ2) is 5.82. The third-order valence-corrected chi connectivity index (χ3v) is 5.26. The maximum atomic E-state index is 12.7. The molecule has 0 spiro atoms. The monoisotopic (exact) mass is 311 g/mol. The van der Waals surface area contributed by atoms with Gasteiger partial charge in [0.15, 0.2) is 0 Å². The van der Waals surface area contributed by atoms with E-state index in [1.165, 1.54) is 17.4 Å². The Morgan fingerprint density at radius 1 is 1.52 bits per heavy atom. The second-order valence-electron chi connectivity index (χ2n) is 4.75. The van der Waals surface area contributed by atoms with Crippen LogP contribution in [0, 0.1) is 5.92 Å². The number of nitrogens with one attached hydrogen (secondary N) is 1. The van der Waals surface area contributed by atoms with Crippen LogP contribution in [0.5, 0.6) is 0 Å². The molecule has 7 nitrogen and oxygen atoms in total. The van der Waals surface area contributed by atoms with E-state index < -0.39 is 21.9 Å². The molecule has 21 heavy (non-hydrogen) atoms. The highest BCUT2D eigenvalue weighted by Gasteiger charge is 2.29. The van der Waals surface area contributed by atoms with Crippen LogP contribution in [-0.4, -0.2) is 46.9 Å². The fraction of sp³-hybridized carbons (Fsp3) is 0.385. The van der Waals surface area contributed by atoms with Gasteiger partial charge in [-0.1, -0.05) is 13.8 Å². The fourth-order valence-electron chi connectivity index (χ4n) is 2.06. The number of hydrogen-bond donors (Lipinski definition) is 2. The molecule has 0 aromatic carbocycles. The van der Waals surface area contributed by atoms with Crippen molar-refractivity contribution in [2.45, 2.75) is 18.7 Å². The maximum Gasteiger partial charge on any atom is 0.307 e. The third kappa shape index (κ3) is 2.91. The van der Waals surface area contributed by atoms with Crippen LogP contribution in [0.3, 0.4) is 0 Å². The van der Waals surface area contributed by atoms with E-state index in [2.05, 4.69) is 9.97 Å². The number of aromatic nitrogens is 2. The summed E-state index contributed by atoms with van der Waals surface area (Å²) in [5.74, 6) is -1.80. The molecule has 0 aliphatic rings. The summed E-state index contributed by atoms with van der Waals surface area (Å²) in [6.07, 6.45) is 2.96. The molecule has 0 saturated heterocycles. The summed E-state index contributed by atoms with van der Waals surface area (Å²) in [7, 11) is -3.76. The Balaban J connectivity index is 2.42. The van der Waals surface area contributed by atoms with E-state index in [0.717, 1.165) is 0 Å². The number of fused-ring (bicyclic) bond motifs is 1. The number of rotatable bonds is 6. The second-order valence-corrected chi connectivity index (χ2v) is 6.65. The van der Waals surface area contributed by atoms with Crippen molar-refractivity contribution in [2.75, 3.05) is 13.1 Å². The van der Waals surface area contributed by atoms with Gasteiger partial charge in [-0.05, 0) is 12.1 Å². The van der Waals surface area contributed by atoms with E-state index in [0.29, 0.717) is 11.0 Å². The minimum atomic E-state index is -3.76. The first kappa shape index (κ1) is 15.5. The number of pyridine rings is 1. The summed E-state index contributed by atoms with van der Waals surface area (Å²) >= 11 is 0. The molecule has 2 rings (SSSR count). The first-order chi connectivity index (χ1) is 9.87. The van der Waals surface area contributed by atoms with E-state index >= 15 is 0 Å². The Morgan fingerprint density at radius 3 is 2.86 bits per heavy atom. The number of nitrogens with zero attached hydrogens (tertiary/aromatic N) is 2. The molecule has 0 aliphatic carbocycles. The molecular weight excluding hydrogens is 294 g/mol. The maximum absolute atomic E-state index is 12.7. The summed E-state index contributed by atoms with van der Waals surface area (Å²) in [6, 6.07) is 3.32. The average Bonchev–Trinajstić information content (AvgIpc) is 2.88. The van der Waals surface area contributed by atoms with E-state index in [1.54, 1.807) is 25.3 Å². The molecule has 2 N–H and O–H groups in total. The molecule has 0 aliphatic heterocycles. The SMILES string of the molecule is CCN(CC(C)C(=O)O)S(=O)(=O)c1c[nH]c2ncccc12. The van der Waals surface area contributed by atoms with E-state index in [1.807, 2.05) is 0 Å². The highest BCUT2D eigenvalue weighted by molar-refractivity contribution is 7.89. The van der Waals surface area contributed by atoms with Crippen molar-refractivity contribution in [3.05, 3.63) is 24.5 Å². The van der Waals surface area contributed by atoms with Gasteiger partial charge in [0.05, 0.1) is 5.92 Å². The van der Waals surface area contributed by atoms with Crippen molar-refractivity contribution in [3.8, 4) is 0 Å². The zero-order chi connectivity index (χ0) is 15.6. The summed E-state index contributed by atoms with van der Waals surface area (Å²) in [5.41, 5.74) is 0.485. The van der Waals surface area contributed by atoms with Crippen molar-refractivity contribution in [2.24, 2.45) is 5.92 Å². The third-order valence-electron chi connectivity index (χ3n) is 3.28. The van der Waals surface area contributed by atoms with Gasteiger partial charge >= 0.3 is 5.97 Å². The van der Waals surface area contributed by atoms with E-state index in [-0.39, 0.29) is 18.0 Å². The van der Waals surface area contributed by atoms with Gasteiger partial charge < -0.3 is 10.1 Å². The van der Waals surface area contributed by atoms with Crippen LogP contribution >= 0.6 is 0 Å². The van der Waals surface area contributed by atoms with Gasteiger partial charge in [-0.25, -0.2) is 13.4 Å². The molecule has 1 unspecified atom stereocenters. The molecule has 0 saturated carbocycles. The Kier molecular flexibility index (Phi) is 4.29. The minimum Gasteiger partial charge on any atom is -0.481 e. The molecule has 8 heteroatoms. The Bertz CT molecular complexity index is 754. The highest BCUT2D eigenvalue weighted by Crippen LogP contribution is 2.24. The molecular formula is C13H17N3O4S. The molecule has 0 amide bonds. The quantitative estimate of drug-likeness (QED) is 0.836. The zero-order valence-electron chi connectivity index (χ0n) is 11.8. The number of carboxylic acids is 1. The summed E-state index contributed by atoms with van der Waals surface area (Å²) in [4.78, 5) is 17.9. The highest BCUT2D eigenvalue weighted by atomic mass is 32.2. The summed E-state index contributed by atoms with van der Waals surface area (Å²) in [5, 5.41) is 9.46. The Labute approximate surface area is 122 Å². The number of aliphatic carboxylic acids is 1. The van der Waals surface area contributed by atoms with E-state index in [9.17, 15) is 13.2 Å². The van der Waals surface area contributed by atoms with Crippen molar-refractivity contribution in [1.82, 2.24) is 14.3 Å². The predicted molar refractivity (Wildman–Crippen MR) is 77.3 cm³/mol. The van der Waals surface area contributed by atoms with Gasteiger partial charge in [-0.15, -0.1) is 0 Å². The molecule has 0 radical (unpaired) electrons. The predicted octanol–water partition coefficient (Wildman–Crippen LogP) is 1.29. The van der Waals surface area contributed by atoms with Crippen molar-refractivity contribution in [1.29, 1.82) is 0 Å². The lowest BCUT2D eigenvalue weighted by molar-refractivity contribution is -0.141. The molecule has 2 heterocycles. The van der Waals surface area contributed by atoms with Crippen LogP contribution in [0.15, 0.2) is 29.4 Å². The van der Waals surface area contributed by atoms with Gasteiger partial charge in [0.1, 0.15) is 10.5 Å². The van der Waals surface area contributed by atoms with Crippen LogP contribution in [0.4, 0.5) is 0 Å². The van der Waals surface area contributed by atoms with Crippen molar-refractivity contribution < 1.29 is 18.3 Å². The lowest BCUT2D eigenvalue weighted by atomic mass is 10.2.